The minimum Gasteiger partial charge on any atom is -0.322 e. The Morgan fingerprint density at radius 3 is 2.69 bits per heavy atom. The molecule has 132 valence electrons. The number of hydrogen-bond donors (Lipinski definition) is 2. The molecule has 2 aromatic carbocycles. The topological polar surface area (TPSA) is 78.5 Å². The van der Waals surface area contributed by atoms with E-state index in [9.17, 15) is 18.8 Å². The maximum Gasteiger partial charge on any atom is 0.329 e. The van der Waals surface area contributed by atoms with Crippen molar-refractivity contribution in [2.24, 2.45) is 0 Å². The lowest BCUT2D eigenvalue weighted by atomic mass is 10.2. The Balaban J connectivity index is 1.71. The van der Waals surface area contributed by atoms with E-state index in [0.717, 1.165) is 4.90 Å². The lowest BCUT2D eigenvalue weighted by molar-refractivity contribution is -0.127. The fourth-order valence-corrected chi connectivity index (χ4v) is 2.57. The molecule has 2 N–H and O–H groups in total. The van der Waals surface area contributed by atoms with Crippen LogP contribution in [0.3, 0.4) is 0 Å². The zero-order valence-electron chi connectivity index (χ0n) is 13.3. The van der Waals surface area contributed by atoms with Crippen molar-refractivity contribution in [3.8, 4) is 0 Å². The van der Waals surface area contributed by atoms with Crippen molar-refractivity contribution in [3.63, 3.8) is 0 Å². The van der Waals surface area contributed by atoms with E-state index in [1.54, 1.807) is 30.3 Å². The van der Waals surface area contributed by atoms with E-state index in [1.807, 2.05) is 0 Å². The molecule has 0 atom stereocenters. The molecule has 0 bridgehead atoms. The van der Waals surface area contributed by atoms with Gasteiger partial charge in [-0.15, -0.1) is 0 Å². The zero-order valence-corrected chi connectivity index (χ0v) is 14.1. The van der Waals surface area contributed by atoms with Crippen molar-refractivity contribution >= 4 is 41.2 Å². The standard InChI is InChI=1S/C18H13ClFN3O3/c19-12-5-3-4-11(8-12)9-15-17(25)23(18(26)22-15)10-16(24)21-14-7-2-1-6-13(14)20/h1-9H,10H2,(H,21,24)(H,22,26)/b15-9+. The van der Waals surface area contributed by atoms with Gasteiger partial charge >= 0.3 is 6.03 Å². The van der Waals surface area contributed by atoms with Crippen molar-refractivity contribution in [1.29, 1.82) is 0 Å². The van der Waals surface area contributed by atoms with E-state index in [4.69, 9.17) is 11.6 Å². The van der Waals surface area contributed by atoms with E-state index >= 15 is 0 Å². The molecule has 8 heteroatoms. The van der Waals surface area contributed by atoms with Crippen LogP contribution in [-0.2, 0) is 9.59 Å². The van der Waals surface area contributed by atoms with Crippen molar-refractivity contribution in [2.75, 3.05) is 11.9 Å². The lowest BCUT2D eigenvalue weighted by Gasteiger charge is -2.12. The highest BCUT2D eigenvalue weighted by Gasteiger charge is 2.35. The van der Waals surface area contributed by atoms with Gasteiger partial charge in [0.2, 0.25) is 5.91 Å². The maximum atomic E-state index is 13.6. The third kappa shape index (κ3) is 3.89. The van der Waals surface area contributed by atoms with Crippen LogP contribution in [0, 0.1) is 5.82 Å². The van der Waals surface area contributed by atoms with Crippen LogP contribution in [0.25, 0.3) is 6.08 Å². The molecule has 1 aliphatic rings. The van der Waals surface area contributed by atoms with E-state index in [-0.39, 0.29) is 11.4 Å². The van der Waals surface area contributed by atoms with E-state index in [1.165, 1.54) is 24.3 Å². The Morgan fingerprint density at radius 1 is 1.19 bits per heavy atom. The van der Waals surface area contributed by atoms with Gasteiger partial charge in [-0.05, 0) is 35.9 Å². The summed E-state index contributed by atoms with van der Waals surface area (Å²) < 4.78 is 13.6. The fraction of sp³-hybridized carbons (Fsp3) is 0.0556. The Hall–Kier alpha value is -3.19. The second-order valence-corrected chi connectivity index (χ2v) is 5.90. The van der Waals surface area contributed by atoms with Gasteiger partial charge in [0.1, 0.15) is 18.1 Å². The van der Waals surface area contributed by atoms with Crippen molar-refractivity contribution < 1.29 is 18.8 Å². The highest BCUT2D eigenvalue weighted by molar-refractivity contribution is 6.30. The van der Waals surface area contributed by atoms with Crippen molar-refractivity contribution in [3.05, 3.63) is 70.6 Å². The number of carbonyl (C=O) groups is 3. The molecular formula is C18H13ClFN3O3. The number of hydrogen-bond acceptors (Lipinski definition) is 3. The molecule has 0 aromatic heterocycles. The maximum absolute atomic E-state index is 13.6. The molecule has 1 heterocycles. The molecule has 6 nitrogen and oxygen atoms in total. The van der Waals surface area contributed by atoms with Crippen LogP contribution in [0.4, 0.5) is 14.9 Å². The van der Waals surface area contributed by atoms with Crippen LogP contribution in [0.5, 0.6) is 0 Å². The summed E-state index contributed by atoms with van der Waals surface area (Å²) in [5, 5.41) is 5.21. The molecular weight excluding hydrogens is 361 g/mol. The number of amides is 4. The number of anilines is 1. The molecule has 0 aliphatic carbocycles. The van der Waals surface area contributed by atoms with Crippen LogP contribution >= 0.6 is 11.6 Å². The van der Waals surface area contributed by atoms with Crippen molar-refractivity contribution in [2.45, 2.75) is 0 Å². The first-order valence-corrected chi connectivity index (χ1v) is 7.96. The van der Waals surface area contributed by atoms with E-state index in [0.29, 0.717) is 10.6 Å². The summed E-state index contributed by atoms with van der Waals surface area (Å²) in [6, 6.07) is 11.6. The smallest absolute Gasteiger partial charge is 0.322 e. The molecule has 0 radical (unpaired) electrons. The SMILES string of the molecule is O=C(CN1C(=O)N/C(=C/c2cccc(Cl)c2)C1=O)Nc1ccccc1F. The number of imide groups is 1. The number of halogens is 2. The van der Waals surface area contributed by atoms with Gasteiger partial charge in [0.15, 0.2) is 0 Å². The molecule has 4 amide bonds. The predicted molar refractivity (Wildman–Crippen MR) is 94.7 cm³/mol. The molecule has 0 spiro atoms. The Labute approximate surface area is 153 Å². The first-order chi connectivity index (χ1) is 12.4. The average Bonchev–Trinajstić information content (AvgIpc) is 2.84. The highest BCUT2D eigenvalue weighted by atomic mass is 35.5. The average molecular weight is 374 g/mol. The monoisotopic (exact) mass is 373 g/mol. The van der Waals surface area contributed by atoms with Crippen LogP contribution in [0.1, 0.15) is 5.56 Å². The summed E-state index contributed by atoms with van der Waals surface area (Å²) in [4.78, 5) is 37.1. The fourth-order valence-electron chi connectivity index (χ4n) is 2.37. The Bertz CT molecular complexity index is 929. The second kappa shape index (κ2) is 7.37. The molecule has 1 fully saturated rings. The first kappa shape index (κ1) is 17.6. The Morgan fingerprint density at radius 2 is 1.96 bits per heavy atom. The summed E-state index contributed by atoms with van der Waals surface area (Å²) >= 11 is 5.89. The molecule has 3 rings (SSSR count). The number of benzene rings is 2. The minimum atomic E-state index is -0.730. The second-order valence-electron chi connectivity index (χ2n) is 5.46. The number of carbonyl (C=O) groups excluding carboxylic acids is 3. The number of para-hydroxylation sites is 1. The third-order valence-corrected chi connectivity index (χ3v) is 3.81. The van der Waals surface area contributed by atoms with Gasteiger partial charge in [0.05, 0.1) is 5.69 Å². The van der Waals surface area contributed by atoms with E-state index in [2.05, 4.69) is 10.6 Å². The minimum absolute atomic E-state index is 0.0240. The van der Waals surface area contributed by atoms with Crippen LogP contribution < -0.4 is 10.6 Å². The van der Waals surface area contributed by atoms with E-state index < -0.39 is 30.2 Å². The highest BCUT2D eigenvalue weighted by Crippen LogP contribution is 2.17. The molecule has 1 saturated heterocycles. The normalized spacial score (nSPS) is 15.3. The lowest BCUT2D eigenvalue weighted by Crippen LogP contribution is -2.38. The Kier molecular flexibility index (Phi) is 4.99. The summed E-state index contributed by atoms with van der Waals surface area (Å²) in [6.45, 7) is -0.536. The van der Waals surface area contributed by atoms with Crippen LogP contribution in [0.15, 0.2) is 54.2 Å². The number of nitrogens with zero attached hydrogens (tertiary/aromatic N) is 1. The van der Waals surface area contributed by atoms with Gasteiger partial charge < -0.3 is 10.6 Å². The van der Waals surface area contributed by atoms with Gasteiger partial charge in [0, 0.05) is 5.02 Å². The summed E-state index contributed by atoms with van der Waals surface area (Å²) in [7, 11) is 0. The zero-order chi connectivity index (χ0) is 18.7. The summed E-state index contributed by atoms with van der Waals surface area (Å²) in [6.07, 6.45) is 1.46. The van der Waals surface area contributed by atoms with Gasteiger partial charge in [-0.3, -0.25) is 9.59 Å². The number of nitrogens with one attached hydrogen (secondary N) is 2. The van der Waals surface area contributed by atoms with Gasteiger partial charge in [-0.1, -0.05) is 35.9 Å². The van der Waals surface area contributed by atoms with Gasteiger partial charge in [-0.25, -0.2) is 14.1 Å². The van der Waals surface area contributed by atoms with Gasteiger partial charge in [0.25, 0.3) is 5.91 Å². The molecule has 0 saturated carbocycles. The number of urea groups is 1. The van der Waals surface area contributed by atoms with Crippen LogP contribution in [0.2, 0.25) is 5.02 Å². The largest absolute Gasteiger partial charge is 0.329 e. The van der Waals surface area contributed by atoms with Gasteiger partial charge in [-0.2, -0.15) is 0 Å². The molecule has 1 aliphatic heterocycles. The quantitative estimate of drug-likeness (QED) is 0.638. The first-order valence-electron chi connectivity index (χ1n) is 7.58. The molecule has 26 heavy (non-hydrogen) atoms. The predicted octanol–water partition coefficient (Wildman–Crippen LogP) is 3.01. The van der Waals surface area contributed by atoms with Crippen LogP contribution in [-0.4, -0.2) is 29.3 Å². The third-order valence-electron chi connectivity index (χ3n) is 3.57. The number of rotatable bonds is 4. The summed E-state index contributed by atoms with van der Waals surface area (Å²) in [5.74, 6) is -1.96. The molecule has 0 unspecified atom stereocenters. The molecule has 2 aromatic rings. The van der Waals surface area contributed by atoms with Crippen molar-refractivity contribution in [1.82, 2.24) is 10.2 Å². The summed E-state index contributed by atoms with van der Waals surface area (Å²) in [5.41, 5.74) is 0.619.